The zero-order valence-electron chi connectivity index (χ0n) is 12.6. The first-order valence-corrected chi connectivity index (χ1v) is 7.41. The fourth-order valence-electron chi connectivity index (χ4n) is 2.77. The van der Waals surface area contributed by atoms with Crippen molar-refractivity contribution in [1.82, 2.24) is 5.32 Å². The summed E-state index contributed by atoms with van der Waals surface area (Å²) in [4.78, 5) is 22.4. The number of ether oxygens (including phenoxy) is 1. The molecule has 0 aromatic heterocycles. The Balaban J connectivity index is 2.00. The molecule has 21 heavy (non-hydrogen) atoms. The maximum atomic E-state index is 11.5. The fraction of sp³-hybridized carbons (Fsp3) is 0.500. The van der Waals surface area contributed by atoms with Crippen molar-refractivity contribution in [3.8, 4) is 0 Å². The molecule has 2 rings (SSSR count). The molecule has 5 heteroatoms. The molecule has 0 bridgehead atoms. The van der Waals surface area contributed by atoms with Gasteiger partial charge in [-0.2, -0.15) is 0 Å². The average Bonchev–Trinajstić information content (AvgIpc) is 2.81. The summed E-state index contributed by atoms with van der Waals surface area (Å²) in [7, 11) is 0. The van der Waals surface area contributed by atoms with Crippen molar-refractivity contribution in [1.29, 1.82) is 0 Å². The minimum absolute atomic E-state index is 0.00551. The molecule has 0 fully saturated rings. The van der Waals surface area contributed by atoms with E-state index in [1.54, 1.807) is 6.92 Å². The van der Waals surface area contributed by atoms with E-state index in [0.717, 1.165) is 24.9 Å². The lowest BCUT2D eigenvalue weighted by Gasteiger charge is -2.13. The molecule has 114 valence electrons. The smallest absolute Gasteiger partial charge is 0.411 e. The van der Waals surface area contributed by atoms with Crippen LogP contribution in [0.2, 0.25) is 0 Å². The quantitative estimate of drug-likeness (QED) is 0.876. The van der Waals surface area contributed by atoms with Crippen LogP contribution in [-0.4, -0.2) is 25.2 Å². The van der Waals surface area contributed by atoms with Crippen LogP contribution < -0.4 is 10.6 Å². The van der Waals surface area contributed by atoms with Crippen LogP contribution in [0.1, 0.15) is 43.7 Å². The molecular formula is C16H22N2O3. The van der Waals surface area contributed by atoms with Gasteiger partial charge in [-0.05, 0) is 55.4 Å². The van der Waals surface area contributed by atoms with Crippen molar-refractivity contribution in [2.75, 3.05) is 18.5 Å². The van der Waals surface area contributed by atoms with Crippen molar-refractivity contribution >= 4 is 17.7 Å². The third kappa shape index (κ3) is 4.21. The number of aryl methyl sites for hydroxylation is 1. The van der Waals surface area contributed by atoms with Gasteiger partial charge in [-0.1, -0.05) is 6.07 Å². The molecule has 0 aliphatic heterocycles. The highest BCUT2D eigenvalue weighted by Gasteiger charge is 2.22. The van der Waals surface area contributed by atoms with E-state index >= 15 is 0 Å². The fourth-order valence-corrected chi connectivity index (χ4v) is 2.77. The Labute approximate surface area is 125 Å². The lowest BCUT2D eigenvalue weighted by atomic mass is 9.97. The van der Waals surface area contributed by atoms with Gasteiger partial charge in [0.2, 0.25) is 5.91 Å². The van der Waals surface area contributed by atoms with E-state index in [2.05, 4.69) is 16.7 Å². The van der Waals surface area contributed by atoms with Crippen LogP contribution in [0, 0.1) is 0 Å². The van der Waals surface area contributed by atoms with Gasteiger partial charge in [-0.25, -0.2) is 4.79 Å². The molecule has 0 radical (unpaired) electrons. The second kappa shape index (κ2) is 7.11. The number of nitrogens with one attached hydrogen (secondary N) is 2. The first kappa shape index (κ1) is 15.4. The van der Waals surface area contributed by atoms with Crippen molar-refractivity contribution in [3.05, 3.63) is 29.3 Å². The Hall–Kier alpha value is -2.04. The highest BCUT2D eigenvalue weighted by Crippen LogP contribution is 2.36. The maximum absolute atomic E-state index is 11.5. The molecule has 2 N–H and O–H groups in total. The first-order valence-electron chi connectivity index (χ1n) is 7.41. The summed E-state index contributed by atoms with van der Waals surface area (Å²) in [6.45, 7) is 4.36. The van der Waals surface area contributed by atoms with Crippen LogP contribution in [0.3, 0.4) is 0 Å². The first-order chi connectivity index (χ1) is 10.1. The van der Waals surface area contributed by atoms with Gasteiger partial charge in [-0.3, -0.25) is 10.1 Å². The molecule has 1 aromatic carbocycles. The Morgan fingerprint density at radius 3 is 2.90 bits per heavy atom. The third-order valence-electron chi connectivity index (χ3n) is 3.74. The highest BCUT2D eigenvalue weighted by atomic mass is 16.5. The van der Waals surface area contributed by atoms with E-state index in [9.17, 15) is 9.59 Å². The summed E-state index contributed by atoms with van der Waals surface area (Å²) in [5.74, 6) is 0.446. The molecule has 1 atom stereocenters. The number of hydrogen-bond donors (Lipinski definition) is 2. The predicted octanol–water partition coefficient (Wildman–Crippen LogP) is 2.81. The van der Waals surface area contributed by atoms with Crippen LogP contribution >= 0.6 is 0 Å². The molecule has 1 unspecified atom stereocenters. The van der Waals surface area contributed by atoms with Gasteiger partial charge in [-0.15, -0.1) is 0 Å². The van der Waals surface area contributed by atoms with Crippen LogP contribution in [0.5, 0.6) is 0 Å². The summed E-state index contributed by atoms with van der Waals surface area (Å²) in [6.07, 6.45) is 2.65. The Morgan fingerprint density at radius 1 is 1.38 bits per heavy atom. The SMILES string of the molecule is CCOC(=O)Nc1ccc2c(c1)C(CCNC(C)=O)CC2. The predicted molar refractivity (Wildman–Crippen MR) is 81.4 cm³/mol. The molecule has 1 aliphatic carbocycles. The number of carbonyl (C=O) groups is 2. The van der Waals surface area contributed by atoms with E-state index in [4.69, 9.17) is 4.74 Å². The van der Waals surface area contributed by atoms with Crippen LogP contribution in [0.15, 0.2) is 18.2 Å². The zero-order chi connectivity index (χ0) is 15.2. The Kier molecular flexibility index (Phi) is 5.20. The number of fused-ring (bicyclic) bond motifs is 1. The summed E-state index contributed by atoms with van der Waals surface area (Å²) in [6, 6.07) is 6.00. The standard InChI is InChI=1S/C16H22N2O3/c1-3-21-16(20)18-14-7-6-12-4-5-13(15(12)10-14)8-9-17-11(2)19/h6-7,10,13H,3-5,8-9H2,1-2H3,(H,17,19)(H,18,20). The largest absolute Gasteiger partial charge is 0.450 e. The van der Waals surface area contributed by atoms with Gasteiger partial charge < -0.3 is 10.1 Å². The normalized spacial score (nSPS) is 16.2. The summed E-state index contributed by atoms with van der Waals surface area (Å²) >= 11 is 0. The Morgan fingerprint density at radius 2 is 2.19 bits per heavy atom. The molecule has 0 saturated heterocycles. The minimum atomic E-state index is -0.426. The zero-order valence-corrected chi connectivity index (χ0v) is 12.6. The second-order valence-electron chi connectivity index (χ2n) is 5.27. The molecule has 1 aromatic rings. The summed E-state index contributed by atoms with van der Waals surface area (Å²) < 4.78 is 4.89. The van der Waals surface area contributed by atoms with Gasteiger partial charge in [0.1, 0.15) is 0 Å². The summed E-state index contributed by atoms with van der Waals surface area (Å²) in [5.41, 5.74) is 3.37. The van der Waals surface area contributed by atoms with Crippen molar-refractivity contribution < 1.29 is 14.3 Å². The number of amides is 2. The average molecular weight is 290 g/mol. The molecule has 0 spiro atoms. The highest BCUT2D eigenvalue weighted by molar-refractivity contribution is 5.84. The molecule has 2 amide bonds. The van der Waals surface area contributed by atoms with Crippen LogP contribution in [-0.2, 0) is 16.0 Å². The van der Waals surface area contributed by atoms with Gasteiger partial charge >= 0.3 is 6.09 Å². The molecule has 0 heterocycles. The van der Waals surface area contributed by atoms with Gasteiger partial charge in [0.15, 0.2) is 0 Å². The molecule has 0 saturated carbocycles. The van der Waals surface area contributed by atoms with Crippen LogP contribution in [0.25, 0.3) is 0 Å². The topological polar surface area (TPSA) is 67.4 Å². The van der Waals surface area contributed by atoms with Gasteiger partial charge in [0, 0.05) is 19.2 Å². The Bertz CT molecular complexity index is 528. The lowest BCUT2D eigenvalue weighted by molar-refractivity contribution is -0.118. The maximum Gasteiger partial charge on any atom is 0.411 e. The lowest BCUT2D eigenvalue weighted by Crippen LogP contribution is -2.22. The van der Waals surface area contributed by atoms with E-state index in [0.29, 0.717) is 19.1 Å². The van der Waals surface area contributed by atoms with Gasteiger partial charge in [0.05, 0.1) is 6.61 Å². The number of hydrogen-bond acceptors (Lipinski definition) is 3. The number of benzene rings is 1. The number of carbonyl (C=O) groups excluding carboxylic acids is 2. The third-order valence-corrected chi connectivity index (χ3v) is 3.74. The molecular weight excluding hydrogens is 268 g/mol. The number of rotatable bonds is 5. The monoisotopic (exact) mass is 290 g/mol. The van der Waals surface area contributed by atoms with Crippen molar-refractivity contribution in [3.63, 3.8) is 0 Å². The molecule has 5 nitrogen and oxygen atoms in total. The van der Waals surface area contributed by atoms with E-state index in [1.165, 1.54) is 18.1 Å². The van der Waals surface area contributed by atoms with Gasteiger partial charge in [0.25, 0.3) is 0 Å². The minimum Gasteiger partial charge on any atom is -0.450 e. The van der Waals surface area contributed by atoms with E-state index < -0.39 is 6.09 Å². The second-order valence-corrected chi connectivity index (χ2v) is 5.27. The number of anilines is 1. The molecule has 1 aliphatic rings. The van der Waals surface area contributed by atoms with E-state index in [1.807, 2.05) is 12.1 Å². The van der Waals surface area contributed by atoms with Crippen LogP contribution in [0.4, 0.5) is 10.5 Å². The van der Waals surface area contributed by atoms with Crippen molar-refractivity contribution in [2.24, 2.45) is 0 Å². The van der Waals surface area contributed by atoms with E-state index in [-0.39, 0.29) is 5.91 Å². The summed E-state index contributed by atoms with van der Waals surface area (Å²) in [5, 5.41) is 5.57. The van der Waals surface area contributed by atoms with Crippen molar-refractivity contribution in [2.45, 2.75) is 39.0 Å².